The quantitative estimate of drug-likeness (QED) is 0.0178. The number of unbranched alkanes of at least 4 members (excludes halogenated alkanes) is 8. The van der Waals surface area contributed by atoms with Crippen molar-refractivity contribution in [3.63, 3.8) is 0 Å². The molecule has 0 aliphatic heterocycles. The van der Waals surface area contributed by atoms with Crippen LogP contribution in [0.3, 0.4) is 0 Å². The van der Waals surface area contributed by atoms with Crippen molar-refractivity contribution in [3.8, 4) is 0 Å². The number of nitrogens with two attached hydrogens (primary N) is 1. The maximum absolute atomic E-state index is 12.7. The molecule has 1 fully saturated rings. The van der Waals surface area contributed by atoms with Gasteiger partial charge in [-0.2, -0.15) is 0 Å². The third-order valence-corrected chi connectivity index (χ3v) is 10.6. The Hall–Kier alpha value is -3.23. The molecule has 0 bridgehead atoms. The predicted molar refractivity (Wildman–Crippen MR) is 227 cm³/mol. The zero-order valence-electron chi connectivity index (χ0n) is 35.3. The molecular weight excluding hydrogens is 781 g/mol. The van der Waals surface area contributed by atoms with Crippen LogP contribution in [0.25, 0.3) is 0 Å². The topological polar surface area (TPSA) is 229 Å². The number of carbonyl (C=O) groups excluding carboxylic acids is 3. The molecule has 1 saturated carbocycles. The summed E-state index contributed by atoms with van der Waals surface area (Å²) in [5.74, 6) is -3.53. The van der Waals surface area contributed by atoms with Crippen LogP contribution in [0.2, 0.25) is 0 Å². The number of ether oxygens (including phenoxy) is 2. The number of hydrogen-bond donors (Lipinski definition) is 5. The van der Waals surface area contributed by atoms with Crippen LogP contribution in [0.15, 0.2) is 60.8 Å². The van der Waals surface area contributed by atoms with Gasteiger partial charge in [0.05, 0.1) is 25.4 Å². The summed E-state index contributed by atoms with van der Waals surface area (Å²) in [5.41, 5.74) is 5.32. The Morgan fingerprint density at radius 2 is 1.37 bits per heavy atom. The highest BCUT2D eigenvalue weighted by atomic mass is 31.2. The molecule has 1 aliphatic rings. The summed E-state index contributed by atoms with van der Waals surface area (Å²) in [6, 6.07) is -1.57. The van der Waals surface area contributed by atoms with Gasteiger partial charge in [-0.1, -0.05) is 107 Å². The van der Waals surface area contributed by atoms with E-state index in [9.17, 15) is 38.8 Å². The molecule has 1 rings (SSSR count). The monoisotopic (exact) mass is 853 g/mol. The number of allylic oxidation sites excluding steroid dienone is 9. The molecule has 336 valence electrons. The minimum Gasteiger partial charge on any atom is -0.480 e. The van der Waals surface area contributed by atoms with Gasteiger partial charge in [-0.05, 0) is 70.6 Å². The maximum Gasteiger partial charge on any atom is 0.472 e. The number of phosphoric acid groups is 1. The number of aliphatic carboxylic acids is 1. The van der Waals surface area contributed by atoms with E-state index in [0.29, 0.717) is 32.1 Å². The van der Waals surface area contributed by atoms with Crippen molar-refractivity contribution in [2.45, 2.75) is 160 Å². The number of rotatable bonds is 35. The summed E-state index contributed by atoms with van der Waals surface area (Å²) in [5, 5.41) is 29.6. The molecule has 0 amide bonds. The lowest BCUT2D eigenvalue weighted by Gasteiger charge is -2.20. The Bertz CT molecular complexity index is 1390. The van der Waals surface area contributed by atoms with Crippen LogP contribution in [0.1, 0.15) is 136 Å². The molecule has 1 unspecified atom stereocenters. The third-order valence-electron chi connectivity index (χ3n) is 9.61. The van der Waals surface area contributed by atoms with Gasteiger partial charge in [-0.15, -0.1) is 0 Å². The first-order valence-electron chi connectivity index (χ1n) is 21.4. The second-order valence-corrected chi connectivity index (χ2v) is 16.4. The van der Waals surface area contributed by atoms with Crippen molar-refractivity contribution in [1.82, 2.24) is 0 Å². The predicted octanol–water partition coefficient (Wildman–Crippen LogP) is 7.76. The number of carboxylic acids is 1. The fraction of sp³-hybridized carbons (Fsp3) is 0.682. The molecule has 0 heterocycles. The van der Waals surface area contributed by atoms with E-state index in [1.54, 1.807) is 12.2 Å². The minimum absolute atomic E-state index is 0.0408. The van der Waals surface area contributed by atoms with Gasteiger partial charge in [-0.3, -0.25) is 28.2 Å². The van der Waals surface area contributed by atoms with E-state index in [2.05, 4.69) is 54.8 Å². The van der Waals surface area contributed by atoms with E-state index >= 15 is 0 Å². The lowest BCUT2D eigenvalue weighted by Crippen LogP contribution is -2.34. The van der Waals surface area contributed by atoms with Crippen LogP contribution in [0.5, 0.6) is 0 Å². The number of phosphoric ester groups is 1. The third kappa shape index (κ3) is 28.0. The Morgan fingerprint density at radius 1 is 0.797 bits per heavy atom. The lowest BCUT2D eigenvalue weighted by atomic mass is 9.90. The molecule has 59 heavy (non-hydrogen) atoms. The molecular formula is C44H72NO13P. The molecule has 0 aromatic rings. The number of carbonyl (C=O) groups is 4. The molecule has 0 aromatic carbocycles. The first-order valence-corrected chi connectivity index (χ1v) is 22.9. The maximum atomic E-state index is 12.7. The second kappa shape index (κ2) is 33.5. The average molecular weight is 854 g/mol. The number of carboxylic acid groups (broad SMARTS) is 1. The summed E-state index contributed by atoms with van der Waals surface area (Å²) in [4.78, 5) is 58.6. The molecule has 7 atom stereocenters. The molecule has 0 saturated heterocycles. The summed E-state index contributed by atoms with van der Waals surface area (Å²) in [6.07, 6.45) is 30.9. The van der Waals surface area contributed by atoms with E-state index in [1.165, 1.54) is 19.3 Å². The standard InChI is InChI=1S/C44H72NO13P/c1-3-5-7-8-9-10-11-12-13-14-15-16-17-18-23-27-42(49)55-32-36(33-56-59(53,54)57-34-39(45)44(51)52)58-43(50)28-24-20-19-22-26-37-38(41(48)31-40(37)47)30-29-35(46)25-21-6-4-2/h9-10,12-13,15-16,19,22,29-30,35-40,46-47H,3-8,11,14,17-18,20-21,23-28,31-34,45H2,1-2H3,(H,51,52)(H,53,54)/b10-9-,13-12-,16-15-,22-19-,30-29+/t35-,36+,37+,38+,39-,40-/m0/s1. The van der Waals surface area contributed by atoms with E-state index < -0.39 is 75.8 Å². The highest BCUT2D eigenvalue weighted by Gasteiger charge is 2.39. The highest BCUT2D eigenvalue weighted by Crippen LogP contribution is 2.43. The first kappa shape index (κ1) is 53.8. The van der Waals surface area contributed by atoms with Gasteiger partial charge in [-0.25, -0.2) is 4.57 Å². The van der Waals surface area contributed by atoms with Gasteiger partial charge in [0.2, 0.25) is 0 Å². The van der Waals surface area contributed by atoms with Crippen molar-refractivity contribution < 1.29 is 62.5 Å². The van der Waals surface area contributed by atoms with Crippen LogP contribution < -0.4 is 5.73 Å². The average Bonchev–Trinajstić information content (AvgIpc) is 3.47. The number of ketones is 1. The van der Waals surface area contributed by atoms with Crippen LogP contribution in [-0.4, -0.2) is 88.1 Å². The fourth-order valence-electron chi connectivity index (χ4n) is 6.11. The van der Waals surface area contributed by atoms with E-state index in [0.717, 1.165) is 51.4 Å². The molecule has 6 N–H and O–H groups in total. The minimum atomic E-state index is -4.80. The van der Waals surface area contributed by atoms with Gasteiger partial charge < -0.3 is 35.4 Å². The number of Topliss-reactive ketones (excluding diaryl/α,β-unsaturated/α-hetero) is 1. The van der Waals surface area contributed by atoms with Crippen LogP contribution in [0, 0.1) is 11.8 Å². The summed E-state index contributed by atoms with van der Waals surface area (Å²) < 4.78 is 32.6. The molecule has 0 aromatic heterocycles. The Labute approximate surface area is 351 Å². The van der Waals surface area contributed by atoms with Crippen molar-refractivity contribution in [2.75, 3.05) is 19.8 Å². The van der Waals surface area contributed by atoms with Gasteiger partial charge in [0.25, 0.3) is 0 Å². The first-order chi connectivity index (χ1) is 28.3. The largest absolute Gasteiger partial charge is 0.480 e. The van der Waals surface area contributed by atoms with Crippen LogP contribution in [0.4, 0.5) is 0 Å². The zero-order chi connectivity index (χ0) is 43.7. The summed E-state index contributed by atoms with van der Waals surface area (Å²) >= 11 is 0. The van der Waals surface area contributed by atoms with Gasteiger partial charge in [0.15, 0.2) is 6.10 Å². The smallest absolute Gasteiger partial charge is 0.472 e. The van der Waals surface area contributed by atoms with Gasteiger partial charge in [0, 0.05) is 31.1 Å². The number of aliphatic hydroxyl groups is 2. The van der Waals surface area contributed by atoms with Crippen molar-refractivity contribution in [3.05, 3.63) is 60.8 Å². The summed E-state index contributed by atoms with van der Waals surface area (Å²) in [6.45, 7) is 2.33. The molecule has 15 heteroatoms. The Morgan fingerprint density at radius 3 is 2.03 bits per heavy atom. The Balaban J connectivity index is 2.57. The van der Waals surface area contributed by atoms with Crippen molar-refractivity contribution >= 4 is 31.5 Å². The molecule has 0 spiro atoms. The van der Waals surface area contributed by atoms with E-state index in [1.807, 2.05) is 12.2 Å². The summed E-state index contributed by atoms with van der Waals surface area (Å²) in [7, 11) is -4.80. The number of aliphatic hydroxyl groups excluding tert-OH is 2. The number of esters is 2. The van der Waals surface area contributed by atoms with E-state index in [-0.39, 0.29) is 31.0 Å². The van der Waals surface area contributed by atoms with Crippen LogP contribution >= 0.6 is 7.82 Å². The van der Waals surface area contributed by atoms with Crippen LogP contribution in [-0.2, 0) is 42.3 Å². The van der Waals surface area contributed by atoms with E-state index in [4.69, 9.17) is 24.8 Å². The van der Waals surface area contributed by atoms with Crippen molar-refractivity contribution in [2.24, 2.45) is 17.6 Å². The normalized spacial score (nSPS) is 20.0. The lowest BCUT2D eigenvalue weighted by molar-refractivity contribution is -0.161. The molecule has 14 nitrogen and oxygen atoms in total. The van der Waals surface area contributed by atoms with Crippen molar-refractivity contribution in [1.29, 1.82) is 0 Å². The zero-order valence-corrected chi connectivity index (χ0v) is 36.2. The molecule has 1 aliphatic carbocycles. The highest BCUT2D eigenvalue weighted by molar-refractivity contribution is 7.47. The fourth-order valence-corrected chi connectivity index (χ4v) is 6.89. The van der Waals surface area contributed by atoms with Gasteiger partial charge in [0.1, 0.15) is 18.4 Å². The number of hydrogen-bond acceptors (Lipinski definition) is 12. The second-order valence-electron chi connectivity index (χ2n) is 14.9. The molecule has 0 radical (unpaired) electrons. The SMILES string of the molecule is CCCCC/C=C\C/C=C\C/C=C\CCCCC(=O)OC[C@H](COP(=O)(O)OC[C@H](N)C(=O)O)OC(=O)CCC/C=C\C[C@H]1[C@@H](O)CC(=O)[C@@H]1/C=C/[C@@H](O)CCCCC. The van der Waals surface area contributed by atoms with Gasteiger partial charge >= 0.3 is 25.7 Å². The Kier molecular flexibility index (Phi) is 30.5.